The molecule has 0 bridgehead atoms. The Labute approximate surface area is 188 Å². The zero-order valence-electron chi connectivity index (χ0n) is 19.2. The number of allylic oxidation sites excluding steroid dienone is 4. The van der Waals surface area contributed by atoms with Crippen molar-refractivity contribution in [2.45, 2.75) is 47.1 Å². The van der Waals surface area contributed by atoms with Gasteiger partial charge in [0.25, 0.3) is 0 Å². The first-order chi connectivity index (χ1) is 15.2. The molecule has 2 aromatic rings. The van der Waals surface area contributed by atoms with Crippen LogP contribution in [-0.2, 0) is 0 Å². The van der Waals surface area contributed by atoms with Crippen LogP contribution >= 0.6 is 0 Å². The fraction of sp³-hybridized carbons (Fsp3) is 0.333. The predicted octanol–water partition coefficient (Wildman–Crippen LogP) is 5.87. The van der Waals surface area contributed by atoms with Gasteiger partial charge >= 0.3 is 0 Å². The smallest absolute Gasteiger partial charge is 0.198 e. The molecule has 166 valence electrons. The van der Waals surface area contributed by atoms with Gasteiger partial charge in [0.2, 0.25) is 0 Å². The van der Waals surface area contributed by atoms with Gasteiger partial charge in [-0.2, -0.15) is 0 Å². The summed E-state index contributed by atoms with van der Waals surface area (Å²) in [5.41, 5.74) is 2.64. The molecule has 0 radical (unpaired) electrons. The summed E-state index contributed by atoms with van der Waals surface area (Å²) in [6, 6.07) is 8.13. The molecule has 2 aliphatic carbocycles. The Morgan fingerprint density at radius 1 is 1.00 bits per heavy atom. The Bertz CT molecular complexity index is 1170. The number of nitrogens with one attached hydrogen (secondary N) is 1. The van der Waals surface area contributed by atoms with Crippen molar-refractivity contribution >= 4 is 17.3 Å². The number of phenolic OH excluding ortho intramolecular Hbond substituents is 1. The molecule has 0 fully saturated rings. The van der Waals surface area contributed by atoms with Crippen LogP contribution < -0.4 is 10.1 Å². The van der Waals surface area contributed by atoms with Crippen molar-refractivity contribution in [2.75, 3.05) is 5.32 Å². The third-order valence-corrected chi connectivity index (χ3v) is 6.02. The van der Waals surface area contributed by atoms with E-state index in [1.807, 2.05) is 19.9 Å². The first-order valence-corrected chi connectivity index (χ1v) is 11.1. The number of rotatable bonds is 5. The highest BCUT2D eigenvalue weighted by atomic mass is 16.5. The van der Waals surface area contributed by atoms with Crippen LogP contribution in [0.1, 0.15) is 72.9 Å². The molecule has 0 amide bonds. The second-order valence-electron chi connectivity index (χ2n) is 9.18. The van der Waals surface area contributed by atoms with Crippen LogP contribution in [0.25, 0.3) is 0 Å². The summed E-state index contributed by atoms with van der Waals surface area (Å²) in [6.45, 7) is 10.4. The van der Waals surface area contributed by atoms with Crippen LogP contribution in [-0.4, -0.2) is 22.7 Å². The summed E-state index contributed by atoms with van der Waals surface area (Å²) < 4.78 is 6.23. The van der Waals surface area contributed by atoms with Gasteiger partial charge in [0, 0.05) is 29.7 Å². The van der Waals surface area contributed by atoms with Gasteiger partial charge in [0.15, 0.2) is 17.3 Å². The third-order valence-electron chi connectivity index (χ3n) is 6.02. The molecule has 0 saturated carbocycles. The van der Waals surface area contributed by atoms with Crippen molar-refractivity contribution < 1.29 is 19.4 Å². The maximum atomic E-state index is 13.4. The van der Waals surface area contributed by atoms with Crippen LogP contribution in [0.4, 0.5) is 5.69 Å². The molecular formula is C27H29NO4. The number of ketones is 2. The van der Waals surface area contributed by atoms with Gasteiger partial charge in [-0.1, -0.05) is 56.7 Å². The quantitative estimate of drug-likeness (QED) is 0.494. The summed E-state index contributed by atoms with van der Waals surface area (Å²) in [4.78, 5) is 26.6. The van der Waals surface area contributed by atoms with Gasteiger partial charge in [-0.25, -0.2) is 0 Å². The van der Waals surface area contributed by atoms with E-state index in [9.17, 15) is 14.7 Å². The second-order valence-corrected chi connectivity index (χ2v) is 9.18. The SMILES string of the molecule is CC(C)Nc1c(OC2=CC=C(C(C)C)C(C)C2)cc(O)c2c1C(=O)c1ccccc1C2=O. The Morgan fingerprint density at radius 2 is 1.62 bits per heavy atom. The van der Waals surface area contributed by atoms with E-state index in [0.717, 1.165) is 12.2 Å². The highest BCUT2D eigenvalue weighted by Gasteiger charge is 2.36. The number of carbonyl (C=O) groups excluding carboxylic acids is 2. The molecule has 2 aliphatic rings. The van der Waals surface area contributed by atoms with Crippen LogP contribution in [0.3, 0.4) is 0 Å². The van der Waals surface area contributed by atoms with Crippen molar-refractivity contribution in [1.82, 2.24) is 0 Å². The summed E-state index contributed by atoms with van der Waals surface area (Å²) >= 11 is 0. The average Bonchev–Trinajstić information content (AvgIpc) is 2.73. The lowest BCUT2D eigenvalue weighted by Gasteiger charge is -2.27. The van der Waals surface area contributed by atoms with Crippen molar-refractivity contribution in [3.63, 3.8) is 0 Å². The zero-order chi connectivity index (χ0) is 23.2. The molecule has 2 aromatic carbocycles. The van der Waals surface area contributed by atoms with Gasteiger partial charge in [0.05, 0.1) is 16.8 Å². The number of fused-ring (bicyclic) bond motifs is 2. The van der Waals surface area contributed by atoms with Crippen molar-refractivity contribution in [3.05, 3.63) is 76.1 Å². The molecule has 1 unspecified atom stereocenters. The van der Waals surface area contributed by atoms with Crippen LogP contribution in [0.15, 0.2) is 53.8 Å². The highest BCUT2D eigenvalue weighted by Crippen LogP contribution is 2.44. The summed E-state index contributed by atoms with van der Waals surface area (Å²) in [7, 11) is 0. The van der Waals surface area contributed by atoms with Gasteiger partial charge in [-0.3, -0.25) is 9.59 Å². The maximum Gasteiger partial charge on any atom is 0.198 e. The number of carbonyl (C=O) groups is 2. The Hall–Kier alpha value is -3.34. The highest BCUT2D eigenvalue weighted by molar-refractivity contribution is 6.31. The molecule has 32 heavy (non-hydrogen) atoms. The van der Waals surface area contributed by atoms with Gasteiger partial charge < -0.3 is 15.2 Å². The van der Waals surface area contributed by atoms with E-state index < -0.39 is 0 Å². The number of benzene rings is 2. The molecule has 0 aliphatic heterocycles. The van der Waals surface area contributed by atoms with Crippen LogP contribution in [0.2, 0.25) is 0 Å². The number of hydrogen-bond acceptors (Lipinski definition) is 5. The minimum Gasteiger partial charge on any atom is -0.507 e. The molecule has 5 heteroatoms. The number of anilines is 1. The molecule has 5 nitrogen and oxygen atoms in total. The fourth-order valence-electron chi connectivity index (χ4n) is 4.58. The fourth-order valence-corrected chi connectivity index (χ4v) is 4.58. The van der Waals surface area contributed by atoms with E-state index in [1.54, 1.807) is 24.3 Å². The maximum absolute atomic E-state index is 13.4. The van der Waals surface area contributed by atoms with Gasteiger partial charge in [0.1, 0.15) is 11.5 Å². The van der Waals surface area contributed by atoms with E-state index in [1.165, 1.54) is 11.6 Å². The molecule has 2 N–H and O–H groups in total. The standard InChI is InChI=1S/C27H29NO4/c1-14(2)18-11-10-17(12-16(18)5)32-22-13-21(29)23-24(25(22)28-15(3)4)27(31)20-9-7-6-8-19(20)26(23)30/h6-11,13-16,28-29H,12H2,1-5H3. The van der Waals surface area contributed by atoms with E-state index in [2.05, 4.69) is 32.2 Å². The molecule has 0 heterocycles. The van der Waals surface area contributed by atoms with E-state index in [4.69, 9.17) is 4.74 Å². The molecule has 4 rings (SSSR count). The largest absolute Gasteiger partial charge is 0.507 e. The number of aromatic hydroxyl groups is 1. The molecular weight excluding hydrogens is 402 g/mol. The first-order valence-electron chi connectivity index (χ1n) is 11.1. The minimum absolute atomic E-state index is 0.0160. The van der Waals surface area contributed by atoms with Crippen molar-refractivity contribution in [2.24, 2.45) is 11.8 Å². The lowest BCUT2D eigenvalue weighted by molar-refractivity contribution is 0.0977. The normalized spacial score (nSPS) is 17.7. The van der Waals surface area contributed by atoms with Crippen LogP contribution in [0.5, 0.6) is 11.5 Å². The zero-order valence-corrected chi connectivity index (χ0v) is 19.2. The van der Waals surface area contributed by atoms with Gasteiger partial charge in [-0.15, -0.1) is 0 Å². The average molecular weight is 432 g/mol. The topological polar surface area (TPSA) is 75.6 Å². The number of phenols is 1. The predicted molar refractivity (Wildman–Crippen MR) is 126 cm³/mol. The van der Waals surface area contributed by atoms with E-state index in [0.29, 0.717) is 34.4 Å². The lowest BCUT2D eigenvalue weighted by Crippen LogP contribution is -2.24. The Balaban J connectivity index is 1.84. The molecule has 0 aromatic heterocycles. The number of ether oxygens (including phenoxy) is 1. The van der Waals surface area contributed by atoms with E-state index >= 15 is 0 Å². The first kappa shape index (κ1) is 21.9. The van der Waals surface area contributed by atoms with E-state index in [-0.39, 0.29) is 34.5 Å². The Morgan fingerprint density at radius 3 is 2.19 bits per heavy atom. The molecule has 0 saturated heterocycles. The monoisotopic (exact) mass is 431 g/mol. The summed E-state index contributed by atoms with van der Waals surface area (Å²) in [6.07, 6.45) is 4.76. The van der Waals surface area contributed by atoms with Gasteiger partial charge in [-0.05, 0) is 31.8 Å². The lowest BCUT2D eigenvalue weighted by atomic mass is 9.82. The second kappa shape index (κ2) is 8.30. The Kier molecular flexibility index (Phi) is 5.68. The van der Waals surface area contributed by atoms with Crippen molar-refractivity contribution in [1.29, 1.82) is 0 Å². The third kappa shape index (κ3) is 3.72. The van der Waals surface area contributed by atoms with Crippen molar-refractivity contribution in [3.8, 4) is 11.5 Å². The number of hydrogen-bond donors (Lipinski definition) is 2. The summed E-state index contributed by atoms with van der Waals surface area (Å²) in [5.74, 6) is 0.974. The summed E-state index contributed by atoms with van der Waals surface area (Å²) in [5, 5.41) is 14.1. The molecule has 1 atom stereocenters. The minimum atomic E-state index is -0.360. The van der Waals surface area contributed by atoms with Crippen LogP contribution in [0, 0.1) is 11.8 Å². The molecule has 0 spiro atoms.